The number of carbonyl (C=O) groups is 2. The first-order valence-electron chi connectivity index (χ1n) is 13.0. The number of aryl methyl sites for hydroxylation is 1. The van der Waals surface area contributed by atoms with E-state index in [-0.39, 0.29) is 22.6 Å². The van der Waals surface area contributed by atoms with E-state index in [1.165, 1.54) is 38.5 Å². The van der Waals surface area contributed by atoms with Crippen molar-refractivity contribution in [1.29, 1.82) is 0 Å². The zero-order chi connectivity index (χ0) is 21.7. The molecule has 8 bridgehead atoms. The van der Waals surface area contributed by atoms with E-state index in [2.05, 4.69) is 15.6 Å². The minimum atomic E-state index is -0.191. The van der Waals surface area contributed by atoms with Crippen LogP contribution < -0.4 is 10.6 Å². The van der Waals surface area contributed by atoms with Crippen molar-refractivity contribution in [3.63, 3.8) is 0 Å². The summed E-state index contributed by atoms with van der Waals surface area (Å²) in [4.78, 5) is 31.5. The summed E-state index contributed by atoms with van der Waals surface area (Å²) in [6.45, 7) is 0. The molecule has 172 valence electrons. The van der Waals surface area contributed by atoms with E-state index in [0.717, 1.165) is 74.0 Å². The molecule has 1 aromatic rings. The first-order chi connectivity index (χ1) is 15.4. The van der Waals surface area contributed by atoms with Gasteiger partial charge >= 0.3 is 0 Å². The highest BCUT2D eigenvalue weighted by Gasteiger charge is 2.56. The van der Waals surface area contributed by atoms with Crippen LogP contribution in [-0.4, -0.2) is 21.4 Å². The Labute approximate surface area is 190 Å². The van der Waals surface area contributed by atoms with E-state index < -0.39 is 0 Å². The molecule has 1 heterocycles. The van der Waals surface area contributed by atoms with E-state index in [0.29, 0.717) is 11.8 Å². The third-order valence-electron chi connectivity index (χ3n) is 10.4. The molecule has 6 nitrogen and oxygen atoms in total. The molecule has 0 saturated heterocycles. The normalized spacial score (nSPS) is 45.3. The van der Waals surface area contributed by atoms with Gasteiger partial charge in [0.15, 0.2) is 5.82 Å². The number of hydrogen-bond donors (Lipinski definition) is 2. The molecule has 0 aromatic carbocycles. The fourth-order valence-corrected chi connectivity index (χ4v) is 9.90. The fraction of sp³-hybridized carbons (Fsp3) is 0.808. The summed E-state index contributed by atoms with van der Waals surface area (Å²) in [5.41, 5.74) is -0.377. The molecule has 8 aliphatic rings. The van der Waals surface area contributed by atoms with Crippen LogP contribution >= 0.6 is 0 Å². The highest BCUT2D eigenvalue weighted by Crippen LogP contribution is 2.61. The molecule has 8 fully saturated rings. The van der Waals surface area contributed by atoms with Crippen LogP contribution in [0.15, 0.2) is 6.20 Å². The Morgan fingerprint density at radius 2 is 1.12 bits per heavy atom. The average Bonchev–Trinajstić information content (AvgIpc) is 3.04. The van der Waals surface area contributed by atoms with Gasteiger partial charge in [-0.3, -0.25) is 14.9 Å². The second-order valence-electron chi connectivity index (χ2n) is 12.9. The van der Waals surface area contributed by atoms with Gasteiger partial charge in [-0.2, -0.15) is 4.98 Å². The molecule has 0 aliphatic heterocycles. The first-order valence-corrected chi connectivity index (χ1v) is 13.0. The van der Waals surface area contributed by atoms with E-state index in [1.807, 2.05) is 17.8 Å². The topological polar surface area (TPSA) is 76.0 Å². The largest absolute Gasteiger partial charge is 0.318 e. The molecule has 2 N–H and O–H groups in total. The predicted molar refractivity (Wildman–Crippen MR) is 122 cm³/mol. The van der Waals surface area contributed by atoms with Crippen molar-refractivity contribution in [2.24, 2.45) is 53.4 Å². The second kappa shape index (κ2) is 6.60. The highest BCUT2D eigenvalue weighted by atomic mass is 16.2. The van der Waals surface area contributed by atoms with E-state index in [9.17, 15) is 9.59 Å². The molecule has 2 amide bonds. The van der Waals surface area contributed by atoms with Gasteiger partial charge in [-0.05, 0) is 113 Å². The fourth-order valence-electron chi connectivity index (χ4n) is 9.90. The number of anilines is 2. The van der Waals surface area contributed by atoms with Crippen molar-refractivity contribution in [1.82, 2.24) is 9.55 Å². The van der Waals surface area contributed by atoms with Crippen LogP contribution in [0.1, 0.15) is 77.0 Å². The van der Waals surface area contributed by atoms with Gasteiger partial charge < -0.3 is 9.88 Å². The second-order valence-corrected chi connectivity index (χ2v) is 12.9. The summed E-state index contributed by atoms with van der Waals surface area (Å²) >= 11 is 0. The molecular formula is C26H36N4O2. The first kappa shape index (κ1) is 19.6. The maximum atomic E-state index is 13.4. The quantitative estimate of drug-likeness (QED) is 0.716. The minimum absolute atomic E-state index is 0.157. The molecule has 0 radical (unpaired) electrons. The lowest BCUT2D eigenvalue weighted by atomic mass is 9.49. The molecule has 32 heavy (non-hydrogen) atoms. The monoisotopic (exact) mass is 436 g/mol. The smallest absolute Gasteiger partial charge is 0.232 e. The van der Waals surface area contributed by atoms with Crippen LogP contribution in [0.3, 0.4) is 0 Å². The molecule has 0 atom stereocenters. The zero-order valence-corrected chi connectivity index (χ0v) is 19.2. The standard InChI is InChI=1S/C26H36N4O2/c1-30-14-21(27-22(31)25-8-15-2-16(9-25)4-17(3-15)10-25)28-24(30)29-23(32)26-11-18-5-19(12-26)7-20(6-18)13-26/h14-20H,2-13H2,1H3,(H,27,31)(H,28,29,32). The van der Waals surface area contributed by atoms with E-state index >= 15 is 0 Å². The van der Waals surface area contributed by atoms with Crippen LogP contribution in [0.4, 0.5) is 11.8 Å². The maximum Gasteiger partial charge on any atom is 0.232 e. The summed E-state index contributed by atoms with van der Waals surface area (Å²) in [6, 6.07) is 0. The zero-order valence-electron chi connectivity index (χ0n) is 19.2. The van der Waals surface area contributed by atoms with Crippen LogP contribution in [-0.2, 0) is 16.6 Å². The summed E-state index contributed by atoms with van der Waals surface area (Å²) in [6.07, 6.45) is 16.1. The summed E-state index contributed by atoms with van der Waals surface area (Å²) in [7, 11) is 1.91. The molecule has 9 rings (SSSR count). The van der Waals surface area contributed by atoms with Gasteiger partial charge in [-0.25, -0.2) is 0 Å². The Hall–Kier alpha value is -1.85. The van der Waals surface area contributed by atoms with Gasteiger partial charge in [-0.1, -0.05) is 0 Å². The van der Waals surface area contributed by atoms with Gasteiger partial charge in [-0.15, -0.1) is 0 Å². The van der Waals surface area contributed by atoms with E-state index in [4.69, 9.17) is 0 Å². The van der Waals surface area contributed by atoms with Crippen LogP contribution in [0.2, 0.25) is 0 Å². The van der Waals surface area contributed by atoms with Crippen LogP contribution in [0.25, 0.3) is 0 Å². The third-order valence-corrected chi connectivity index (χ3v) is 10.4. The number of carbonyl (C=O) groups excluding carboxylic acids is 2. The van der Waals surface area contributed by atoms with Crippen LogP contribution in [0.5, 0.6) is 0 Å². The maximum absolute atomic E-state index is 13.4. The number of hydrogen-bond acceptors (Lipinski definition) is 3. The van der Waals surface area contributed by atoms with Crippen molar-refractivity contribution in [2.45, 2.75) is 77.0 Å². The van der Waals surface area contributed by atoms with Gasteiger partial charge in [0, 0.05) is 13.2 Å². The summed E-state index contributed by atoms with van der Waals surface area (Å²) < 4.78 is 1.85. The summed E-state index contributed by atoms with van der Waals surface area (Å²) in [5.74, 6) is 5.90. The Balaban J connectivity index is 1.06. The number of aromatic nitrogens is 2. The lowest BCUT2D eigenvalue weighted by molar-refractivity contribution is -0.141. The molecule has 0 unspecified atom stereocenters. The average molecular weight is 437 g/mol. The summed E-state index contributed by atoms with van der Waals surface area (Å²) in [5, 5.41) is 6.30. The molecule has 8 aliphatic carbocycles. The Bertz CT molecular complexity index is 908. The SMILES string of the molecule is Cn1cc(NC(=O)C23CC4CC(CC(C4)C2)C3)nc1NC(=O)C12CC3CC(CC(C3)C1)C2. The molecule has 0 spiro atoms. The Kier molecular flexibility index (Phi) is 4.04. The number of nitrogens with zero attached hydrogens (tertiary/aromatic N) is 2. The van der Waals surface area contributed by atoms with Gasteiger partial charge in [0.05, 0.1) is 10.8 Å². The van der Waals surface area contributed by atoms with Gasteiger partial charge in [0.1, 0.15) is 0 Å². The van der Waals surface area contributed by atoms with Crippen LogP contribution in [0, 0.1) is 46.3 Å². The highest BCUT2D eigenvalue weighted by molar-refractivity contribution is 5.96. The predicted octanol–water partition coefficient (Wildman–Crippen LogP) is 4.73. The van der Waals surface area contributed by atoms with Crippen molar-refractivity contribution in [3.05, 3.63) is 6.20 Å². The minimum Gasteiger partial charge on any atom is -0.318 e. The van der Waals surface area contributed by atoms with Crippen molar-refractivity contribution in [3.8, 4) is 0 Å². The van der Waals surface area contributed by atoms with E-state index in [1.54, 1.807) is 0 Å². The van der Waals surface area contributed by atoms with Crippen molar-refractivity contribution < 1.29 is 9.59 Å². The van der Waals surface area contributed by atoms with Gasteiger partial charge in [0.25, 0.3) is 0 Å². The molecule has 8 saturated carbocycles. The van der Waals surface area contributed by atoms with Gasteiger partial charge in [0.2, 0.25) is 17.8 Å². The number of rotatable bonds is 4. The molecular weight excluding hydrogens is 400 g/mol. The molecule has 6 heteroatoms. The molecule has 1 aromatic heterocycles. The Morgan fingerprint density at radius 1 is 0.750 bits per heavy atom. The van der Waals surface area contributed by atoms with Crippen molar-refractivity contribution >= 4 is 23.6 Å². The lowest BCUT2D eigenvalue weighted by Crippen LogP contribution is -2.52. The number of imidazole rings is 1. The Morgan fingerprint density at radius 3 is 1.53 bits per heavy atom. The van der Waals surface area contributed by atoms with Crippen molar-refractivity contribution in [2.75, 3.05) is 10.6 Å². The lowest BCUT2D eigenvalue weighted by Gasteiger charge is -2.55. The number of nitrogens with one attached hydrogen (secondary N) is 2. The number of amides is 2. The third kappa shape index (κ3) is 2.93.